The number of hydrogen-bond donors (Lipinski definition) is 2. The largest absolute Gasteiger partial charge is 0.477 e. The summed E-state index contributed by atoms with van der Waals surface area (Å²) in [7, 11) is 0. The lowest BCUT2D eigenvalue weighted by Crippen LogP contribution is -2.36. The first-order valence-corrected chi connectivity index (χ1v) is 8.62. The Hall–Kier alpha value is -2.26. The van der Waals surface area contributed by atoms with E-state index in [1.165, 1.54) is 22.7 Å². The highest BCUT2D eigenvalue weighted by Crippen LogP contribution is 2.41. The molecule has 23 heavy (non-hydrogen) atoms. The molecule has 1 fully saturated rings. The molecule has 118 valence electrons. The van der Waals surface area contributed by atoms with Crippen LogP contribution in [0.4, 0.5) is 0 Å². The highest BCUT2D eigenvalue weighted by molar-refractivity contribution is 7.39. The zero-order valence-electron chi connectivity index (χ0n) is 11.9. The number of hydrogen-bond acceptors (Lipinski definition) is 6. The van der Waals surface area contributed by atoms with Crippen molar-refractivity contribution in [1.29, 1.82) is 0 Å². The summed E-state index contributed by atoms with van der Waals surface area (Å²) in [5.41, 5.74) is -0.190. The van der Waals surface area contributed by atoms with Crippen LogP contribution in [0, 0.1) is 0 Å². The average Bonchev–Trinajstić information content (AvgIpc) is 2.93. The van der Waals surface area contributed by atoms with Crippen LogP contribution in [0.25, 0.3) is 9.40 Å². The highest BCUT2D eigenvalue weighted by atomic mass is 32.2. The molecule has 1 aliphatic rings. The molecular formula is C14H12N4O3S2. The second-order valence-electron chi connectivity index (χ2n) is 5.49. The third kappa shape index (κ3) is 2.51. The van der Waals surface area contributed by atoms with Crippen molar-refractivity contribution in [2.75, 3.05) is 6.54 Å². The Morgan fingerprint density at radius 2 is 1.87 bits per heavy atom. The van der Waals surface area contributed by atoms with Gasteiger partial charge in [-0.2, -0.15) is 15.0 Å². The van der Waals surface area contributed by atoms with Crippen molar-refractivity contribution in [2.45, 2.75) is 18.4 Å². The van der Waals surface area contributed by atoms with Crippen molar-refractivity contribution in [2.24, 2.45) is 0 Å². The number of aromatic carboxylic acids is 1. The predicted molar refractivity (Wildman–Crippen MR) is 86.2 cm³/mol. The van der Waals surface area contributed by atoms with Gasteiger partial charge >= 0.3 is 5.97 Å². The van der Waals surface area contributed by atoms with Crippen molar-refractivity contribution in [3.05, 3.63) is 34.3 Å². The van der Waals surface area contributed by atoms with Crippen LogP contribution in [-0.2, 0) is 5.54 Å². The molecular weight excluding hydrogens is 336 g/mol. The molecule has 0 bridgehead atoms. The molecule has 1 saturated carbocycles. The van der Waals surface area contributed by atoms with Gasteiger partial charge in [0.2, 0.25) is 0 Å². The SMILES string of the molecule is O=C(O)c1cc2cc(C(=O)NCC3(n4nccn4)CC3)sc2s1. The van der Waals surface area contributed by atoms with Crippen LogP contribution < -0.4 is 5.32 Å². The summed E-state index contributed by atoms with van der Waals surface area (Å²) in [4.78, 5) is 25.8. The lowest BCUT2D eigenvalue weighted by Gasteiger charge is -2.14. The van der Waals surface area contributed by atoms with E-state index in [0.29, 0.717) is 16.3 Å². The van der Waals surface area contributed by atoms with Crippen molar-refractivity contribution in [1.82, 2.24) is 20.3 Å². The van der Waals surface area contributed by atoms with Crippen LogP contribution in [0.3, 0.4) is 0 Å². The van der Waals surface area contributed by atoms with Gasteiger partial charge in [-0.25, -0.2) is 4.79 Å². The summed E-state index contributed by atoms with van der Waals surface area (Å²) in [6.45, 7) is 0.492. The molecule has 2 N–H and O–H groups in total. The van der Waals surface area contributed by atoms with Crippen molar-refractivity contribution >= 4 is 43.9 Å². The van der Waals surface area contributed by atoms with Gasteiger partial charge in [-0.3, -0.25) is 4.79 Å². The third-order valence-electron chi connectivity index (χ3n) is 3.90. The number of amides is 1. The van der Waals surface area contributed by atoms with E-state index >= 15 is 0 Å². The van der Waals surface area contributed by atoms with Gasteiger partial charge < -0.3 is 10.4 Å². The van der Waals surface area contributed by atoms with E-state index in [0.717, 1.165) is 22.2 Å². The van der Waals surface area contributed by atoms with E-state index in [9.17, 15) is 9.59 Å². The maximum Gasteiger partial charge on any atom is 0.345 e. The number of carboxylic acids is 1. The molecule has 0 saturated heterocycles. The van der Waals surface area contributed by atoms with Crippen LogP contribution >= 0.6 is 22.7 Å². The van der Waals surface area contributed by atoms with Crippen LogP contribution in [0.5, 0.6) is 0 Å². The number of carbonyl (C=O) groups is 2. The Labute approximate surface area is 138 Å². The Morgan fingerprint density at radius 1 is 1.22 bits per heavy atom. The fraction of sp³-hybridized carbons (Fsp3) is 0.286. The predicted octanol–water partition coefficient (Wildman–Crippen LogP) is 2.17. The van der Waals surface area contributed by atoms with Crippen LogP contribution in [0.1, 0.15) is 32.2 Å². The molecule has 0 aliphatic heterocycles. The smallest absolute Gasteiger partial charge is 0.345 e. The van der Waals surface area contributed by atoms with E-state index < -0.39 is 5.97 Å². The molecule has 1 aliphatic carbocycles. The normalized spacial score (nSPS) is 15.7. The van der Waals surface area contributed by atoms with Crippen LogP contribution in [0.2, 0.25) is 0 Å². The number of thiophene rings is 2. The van der Waals surface area contributed by atoms with E-state index in [4.69, 9.17) is 5.11 Å². The topological polar surface area (TPSA) is 97.1 Å². The number of nitrogens with one attached hydrogen (secondary N) is 1. The zero-order chi connectivity index (χ0) is 16.0. The van der Waals surface area contributed by atoms with Gasteiger partial charge in [-0.1, -0.05) is 0 Å². The maximum absolute atomic E-state index is 12.3. The molecule has 0 atom stereocenters. The Kier molecular flexibility index (Phi) is 3.20. The molecule has 0 spiro atoms. The van der Waals surface area contributed by atoms with E-state index in [2.05, 4.69) is 15.5 Å². The number of rotatable bonds is 5. The molecule has 7 nitrogen and oxygen atoms in total. The van der Waals surface area contributed by atoms with Crippen molar-refractivity contribution < 1.29 is 14.7 Å². The van der Waals surface area contributed by atoms with Crippen molar-refractivity contribution in [3.63, 3.8) is 0 Å². The van der Waals surface area contributed by atoms with Gasteiger partial charge in [0, 0.05) is 11.9 Å². The first-order chi connectivity index (χ1) is 11.1. The highest BCUT2D eigenvalue weighted by Gasteiger charge is 2.46. The number of carbonyl (C=O) groups excluding carboxylic acids is 1. The Balaban J connectivity index is 1.47. The lowest BCUT2D eigenvalue weighted by atomic mass is 10.2. The first kappa shape index (κ1) is 14.3. The minimum absolute atomic E-state index is 0.145. The Bertz CT molecular complexity index is 861. The number of fused-ring (bicyclic) bond motifs is 1. The molecule has 3 aromatic heterocycles. The molecule has 3 aromatic rings. The monoisotopic (exact) mass is 348 g/mol. The Morgan fingerprint density at radius 3 is 2.48 bits per heavy atom. The van der Waals surface area contributed by atoms with Crippen LogP contribution in [0.15, 0.2) is 24.5 Å². The lowest BCUT2D eigenvalue weighted by molar-refractivity contribution is 0.0702. The quantitative estimate of drug-likeness (QED) is 0.736. The van der Waals surface area contributed by atoms with Crippen molar-refractivity contribution in [3.8, 4) is 0 Å². The second-order valence-corrected chi connectivity index (χ2v) is 7.86. The summed E-state index contributed by atoms with van der Waals surface area (Å²) in [5.74, 6) is -1.08. The summed E-state index contributed by atoms with van der Waals surface area (Å²) in [5, 5.41) is 21.0. The zero-order valence-corrected chi connectivity index (χ0v) is 13.5. The molecule has 0 unspecified atom stereocenters. The summed E-state index contributed by atoms with van der Waals surface area (Å²) in [6, 6.07) is 3.34. The fourth-order valence-electron chi connectivity index (χ4n) is 2.44. The average molecular weight is 348 g/mol. The molecule has 4 rings (SSSR count). The minimum atomic E-state index is -0.938. The van der Waals surface area contributed by atoms with Gasteiger partial charge in [-0.15, -0.1) is 22.7 Å². The van der Waals surface area contributed by atoms with Gasteiger partial charge in [0.05, 0.1) is 26.8 Å². The summed E-state index contributed by atoms with van der Waals surface area (Å²) < 4.78 is 0.849. The van der Waals surface area contributed by atoms with Gasteiger partial charge in [0.25, 0.3) is 5.91 Å². The number of carboxylic acid groups (broad SMARTS) is 1. The molecule has 9 heteroatoms. The molecule has 1 amide bonds. The van der Waals surface area contributed by atoms with Gasteiger partial charge in [-0.05, 0) is 25.0 Å². The third-order valence-corrected chi connectivity index (χ3v) is 6.27. The standard InChI is InChI=1S/C14H12N4O3S2/c19-11(15-7-14(1-2-14)18-16-3-4-17-18)9-5-8-6-10(12(20)21)23-13(8)22-9/h3-6H,1-2,7H2,(H,15,19)(H,20,21). The molecule has 3 heterocycles. The summed E-state index contributed by atoms with van der Waals surface area (Å²) >= 11 is 2.51. The number of nitrogens with zero attached hydrogens (tertiary/aromatic N) is 3. The summed E-state index contributed by atoms with van der Waals surface area (Å²) in [6.07, 6.45) is 5.16. The van der Waals surface area contributed by atoms with E-state index in [1.807, 2.05) is 0 Å². The fourth-order valence-corrected chi connectivity index (χ4v) is 4.64. The number of aromatic nitrogens is 3. The first-order valence-electron chi connectivity index (χ1n) is 6.99. The van der Waals surface area contributed by atoms with E-state index in [1.54, 1.807) is 29.3 Å². The van der Waals surface area contributed by atoms with Gasteiger partial charge in [0.15, 0.2) is 0 Å². The van der Waals surface area contributed by atoms with Crippen LogP contribution in [-0.4, -0.2) is 38.5 Å². The second kappa shape index (κ2) is 5.14. The van der Waals surface area contributed by atoms with Gasteiger partial charge in [0.1, 0.15) is 4.88 Å². The molecule has 0 radical (unpaired) electrons. The molecule has 0 aromatic carbocycles. The van der Waals surface area contributed by atoms with E-state index in [-0.39, 0.29) is 11.4 Å². The maximum atomic E-state index is 12.3. The minimum Gasteiger partial charge on any atom is -0.477 e.